The van der Waals surface area contributed by atoms with Gasteiger partial charge in [0.1, 0.15) is 11.6 Å². The summed E-state index contributed by atoms with van der Waals surface area (Å²) in [7, 11) is 0. The van der Waals surface area contributed by atoms with Crippen LogP contribution in [0.4, 0.5) is 10.1 Å². The minimum atomic E-state index is -0.666. The molecule has 1 fully saturated rings. The molecule has 0 aromatic heterocycles. The molecule has 1 N–H and O–H groups in total. The van der Waals surface area contributed by atoms with Gasteiger partial charge in [0.25, 0.3) is 5.91 Å². The van der Waals surface area contributed by atoms with Gasteiger partial charge in [0.2, 0.25) is 0 Å². The van der Waals surface area contributed by atoms with Crippen molar-refractivity contribution in [1.29, 1.82) is 0 Å². The van der Waals surface area contributed by atoms with Gasteiger partial charge in [0, 0.05) is 17.1 Å². The van der Waals surface area contributed by atoms with Gasteiger partial charge in [-0.05, 0) is 18.2 Å². The predicted octanol–water partition coefficient (Wildman–Crippen LogP) is 3.87. The Morgan fingerprint density at radius 1 is 1.04 bits per heavy atom. The topological polar surface area (TPSA) is 64.6 Å². The van der Waals surface area contributed by atoms with Crippen molar-refractivity contribution >= 4 is 41.1 Å². The molecule has 1 saturated heterocycles. The number of para-hydroxylation sites is 2. The van der Waals surface area contributed by atoms with Crippen LogP contribution in [0.5, 0.6) is 5.75 Å². The third kappa shape index (κ3) is 5.64. The number of ether oxygens (including phenoxy) is 2. The van der Waals surface area contributed by atoms with Crippen molar-refractivity contribution < 1.29 is 23.5 Å². The first-order valence-corrected chi connectivity index (χ1v) is 10.4. The number of halogens is 1. The number of rotatable bonds is 7. The van der Waals surface area contributed by atoms with Crippen molar-refractivity contribution in [1.82, 2.24) is 0 Å². The first-order valence-electron chi connectivity index (χ1n) is 8.28. The molecule has 0 aliphatic carbocycles. The van der Waals surface area contributed by atoms with Gasteiger partial charge in [-0.1, -0.05) is 30.3 Å². The van der Waals surface area contributed by atoms with Crippen LogP contribution in [0.15, 0.2) is 48.5 Å². The summed E-state index contributed by atoms with van der Waals surface area (Å²) in [5.74, 6) is 0.968. The Kier molecular flexibility index (Phi) is 7.00. The molecular weight excluding hydrogens is 389 g/mol. The van der Waals surface area contributed by atoms with E-state index in [9.17, 15) is 14.0 Å². The second-order valence-corrected chi connectivity index (χ2v) is 8.31. The molecule has 0 saturated carbocycles. The summed E-state index contributed by atoms with van der Waals surface area (Å²) in [4.78, 5) is 23.6. The zero-order valence-electron chi connectivity index (χ0n) is 14.4. The van der Waals surface area contributed by atoms with Crippen molar-refractivity contribution in [3.63, 3.8) is 0 Å². The van der Waals surface area contributed by atoms with Gasteiger partial charge in [0.15, 0.2) is 13.2 Å². The second-order valence-electron chi connectivity index (χ2n) is 5.59. The lowest BCUT2D eigenvalue weighted by Crippen LogP contribution is -2.24. The monoisotopic (exact) mass is 407 g/mol. The van der Waals surface area contributed by atoms with Crippen LogP contribution >= 0.6 is 23.5 Å². The molecule has 1 aliphatic rings. The quantitative estimate of drug-likeness (QED) is 0.703. The number of hydrogen-bond acceptors (Lipinski definition) is 6. The van der Waals surface area contributed by atoms with Gasteiger partial charge in [-0.25, -0.2) is 9.18 Å². The largest absolute Gasteiger partial charge is 0.482 e. The van der Waals surface area contributed by atoms with Gasteiger partial charge >= 0.3 is 5.97 Å². The van der Waals surface area contributed by atoms with E-state index in [0.717, 1.165) is 17.1 Å². The van der Waals surface area contributed by atoms with E-state index in [0.29, 0.717) is 10.3 Å². The van der Waals surface area contributed by atoms with Crippen LogP contribution in [0.2, 0.25) is 0 Å². The zero-order chi connectivity index (χ0) is 19.1. The van der Waals surface area contributed by atoms with Crippen molar-refractivity contribution in [3.05, 3.63) is 59.9 Å². The Morgan fingerprint density at radius 3 is 2.52 bits per heavy atom. The van der Waals surface area contributed by atoms with E-state index in [4.69, 9.17) is 9.47 Å². The number of amides is 1. The highest BCUT2D eigenvalue weighted by molar-refractivity contribution is 8.19. The zero-order valence-corrected chi connectivity index (χ0v) is 16.0. The predicted molar refractivity (Wildman–Crippen MR) is 106 cm³/mol. The van der Waals surface area contributed by atoms with E-state index in [2.05, 4.69) is 5.32 Å². The molecule has 0 spiro atoms. The van der Waals surface area contributed by atoms with Crippen LogP contribution in [0, 0.1) is 5.82 Å². The molecule has 2 aromatic rings. The number of esters is 1. The summed E-state index contributed by atoms with van der Waals surface area (Å²) < 4.78 is 24.3. The molecule has 27 heavy (non-hydrogen) atoms. The van der Waals surface area contributed by atoms with E-state index in [1.54, 1.807) is 6.07 Å². The first kappa shape index (κ1) is 19.6. The van der Waals surface area contributed by atoms with Crippen molar-refractivity contribution in [2.45, 2.75) is 4.58 Å². The molecule has 1 heterocycles. The van der Waals surface area contributed by atoms with Crippen LogP contribution in [-0.2, 0) is 14.3 Å². The summed E-state index contributed by atoms with van der Waals surface area (Å²) in [5, 5.41) is 2.35. The molecule has 8 heteroatoms. The lowest BCUT2D eigenvalue weighted by atomic mass is 10.2. The fourth-order valence-corrected chi connectivity index (χ4v) is 5.33. The van der Waals surface area contributed by atoms with Crippen LogP contribution in [0.1, 0.15) is 10.1 Å². The van der Waals surface area contributed by atoms with Gasteiger partial charge in [-0.15, -0.1) is 23.5 Å². The second kappa shape index (κ2) is 9.66. The van der Waals surface area contributed by atoms with Gasteiger partial charge in [-0.2, -0.15) is 0 Å². The summed E-state index contributed by atoms with van der Waals surface area (Å²) in [6.45, 7) is -0.807. The maximum Gasteiger partial charge on any atom is 0.344 e. The van der Waals surface area contributed by atoms with Gasteiger partial charge in [-0.3, -0.25) is 4.79 Å². The van der Waals surface area contributed by atoms with Gasteiger partial charge in [0.05, 0.1) is 10.3 Å². The third-order valence-corrected chi connectivity index (χ3v) is 6.72. The molecule has 2 aromatic carbocycles. The highest BCUT2D eigenvalue weighted by atomic mass is 32.2. The molecule has 142 valence electrons. The fraction of sp³-hybridized carbons (Fsp3) is 0.263. The van der Waals surface area contributed by atoms with Crippen LogP contribution in [-0.4, -0.2) is 36.6 Å². The smallest absolute Gasteiger partial charge is 0.344 e. The van der Waals surface area contributed by atoms with Crippen molar-refractivity contribution in [2.75, 3.05) is 30.0 Å². The van der Waals surface area contributed by atoms with E-state index in [-0.39, 0.29) is 12.3 Å². The van der Waals surface area contributed by atoms with Crippen molar-refractivity contribution in [3.8, 4) is 5.75 Å². The Hall–Kier alpha value is -2.19. The number of nitrogens with one attached hydrogen (secondary N) is 1. The summed E-state index contributed by atoms with van der Waals surface area (Å²) in [5.41, 5.74) is 1.07. The summed E-state index contributed by atoms with van der Waals surface area (Å²) in [6, 6.07) is 13.3. The molecule has 1 aliphatic heterocycles. The number of carbonyl (C=O) groups is 2. The minimum Gasteiger partial charge on any atom is -0.482 e. The summed E-state index contributed by atoms with van der Waals surface area (Å²) >= 11 is 3.69. The first-order chi connectivity index (χ1) is 13.1. The highest BCUT2D eigenvalue weighted by Gasteiger charge is 2.22. The Labute approximate surface area is 165 Å². The van der Waals surface area contributed by atoms with Crippen LogP contribution < -0.4 is 10.1 Å². The van der Waals surface area contributed by atoms with Crippen molar-refractivity contribution in [2.24, 2.45) is 0 Å². The standard InChI is InChI=1S/C19H18FNO4S2/c20-14-6-2-3-7-15(14)21-17(22)11-25-18(23)12-24-16-8-4-1-5-13(16)19-26-9-10-27-19/h1-8,19H,9-12H2,(H,21,22). The molecule has 0 bridgehead atoms. The van der Waals surface area contributed by atoms with E-state index in [1.165, 1.54) is 18.2 Å². The highest BCUT2D eigenvalue weighted by Crippen LogP contribution is 2.48. The maximum atomic E-state index is 13.5. The van der Waals surface area contributed by atoms with Crippen LogP contribution in [0.25, 0.3) is 0 Å². The maximum absolute atomic E-state index is 13.5. The lowest BCUT2D eigenvalue weighted by molar-refractivity contribution is -0.149. The molecular formula is C19H18FNO4S2. The molecule has 1 amide bonds. The molecule has 0 unspecified atom stereocenters. The Bertz CT molecular complexity index is 812. The Balaban J connectivity index is 1.46. The fourth-order valence-electron chi connectivity index (χ4n) is 2.42. The van der Waals surface area contributed by atoms with E-state index >= 15 is 0 Å². The number of anilines is 1. The number of thioether (sulfide) groups is 2. The number of carbonyl (C=O) groups excluding carboxylic acids is 2. The lowest BCUT2D eigenvalue weighted by Gasteiger charge is -2.14. The minimum absolute atomic E-state index is 0.0373. The molecule has 3 rings (SSSR count). The molecule has 0 radical (unpaired) electrons. The average Bonchev–Trinajstić information content (AvgIpc) is 3.21. The third-order valence-electron chi connectivity index (χ3n) is 3.65. The summed E-state index contributed by atoms with van der Waals surface area (Å²) in [6.07, 6.45) is 0. The van der Waals surface area contributed by atoms with Gasteiger partial charge < -0.3 is 14.8 Å². The SMILES string of the molecule is O=C(COC(=O)COc1ccccc1C1SCCS1)Nc1ccccc1F. The molecule has 0 atom stereocenters. The number of benzene rings is 2. The normalized spacial score (nSPS) is 14.0. The van der Waals surface area contributed by atoms with E-state index < -0.39 is 24.3 Å². The van der Waals surface area contributed by atoms with E-state index in [1.807, 2.05) is 47.8 Å². The molecule has 5 nitrogen and oxygen atoms in total. The Morgan fingerprint density at radius 2 is 1.74 bits per heavy atom. The number of hydrogen-bond donors (Lipinski definition) is 1. The van der Waals surface area contributed by atoms with Crippen LogP contribution in [0.3, 0.4) is 0 Å². The average molecular weight is 407 g/mol.